The largest absolute Gasteiger partial charge is 0.356 e. The predicted octanol–water partition coefficient (Wildman–Crippen LogP) is 2.44. The minimum absolute atomic E-state index is 0.00340. The standard InChI is InChI=1S/C17H17BrFN3O2/c18-13-10-15(20-11-13)17(24)22-7-5-21(6-8-22)16(23)9-12-1-3-14(19)4-2-12/h1-4,10-11,20H,5-9H2. The first-order valence-electron chi connectivity index (χ1n) is 7.68. The summed E-state index contributed by atoms with van der Waals surface area (Å²) in [5.41, 5.74) is 1.32. The molecule has 1 N–H and O–H groups in total. The van der Waals surface area contributed by atoms with Crippen molar-refractivity contribution in [2.24, 2.45) is 0 Å². The van der Waals surface area contributed by atoms with E-state index in [2.05, 4.69) is 20.9 Å². The van der Waals surface area contributed by atoms with E-state index in [-0.39, 0.29) is 24.1 Å². The quantitative estimate of drug-likeness (QED) is 0.870. The zero-order valence-electron chi connectivity index (χ0n) is 13.0. The normalized spacial score (nSPS) is 14.8. The highest BCUT2D eigenvalue weighted by Crippen LogP contribution is 2.14. The van der Waals surface area contributed by atoms with E-state index in [9.17, 15) is 14.0 Å². The summed E-state index contributed by atoms with van der Waals surface area (Å²) in [5, 5.41) is 0. The summed E-state index contributed by atoms with van der Waals surface area (Å²) in [6.45, 7) is 2.02. The number of carbonyl (C=O) groups is 2. The van der Waals surface area contributed by atoms with Crippen LogP contribution in [0.1, 0.15) is 16.1 Å². The second kappa shape index (κ2) is 7.17. The van der Waals surface area contributed by atoms with Gasteiger partial charge in [-0.1, -0.05) is 12.1 Å². The van der Waals surface area contributed by atoms with Gasteiger partial charge in [0.2, 0.25) is 5.91 Å². The van der Waals surface area contributed by atoms with Crippen LogP contribution in [-0.2, 0) is 11.2 Å². The van der Waals surface area contributed by atoms with E-state index < -0.39 is 0 Å². The molecule has 0 spiro atoms. The second-order valence-electron chi connectivity index (χ2n) is 5.71. The van der Waals surface area contributed by atoms with Crippen molar-refractivity contribution < 1.29 is 14.0 Å². The van der Waals surface area contributed by atoms with Gasteiger partial charge in [0, 0.05) is 36.8 Å². The molecule has 7 heteroatoms. The molecule has 1 fully saturated rings. The van der Waals surface area contributed by atoms with Crippen LogP contribution in [0.2, 0.25) is 0 Å². The van der Waals surface area contributed by atoms with Crippen LogP contribution < -0.4 is 0 Å². The van der Waals surface area contributed by atoms with Gasteiger partial charge >= 0.3 is 0 Å². The van der Waals surface area contributed by atoms with Crippen LogP contribution >= 0.6 is 15.9 Å². The van der Waals surface area contributed by atoms with Gasteiger partial charge in [-0.15, -0.1) is 0 Å². The summed E-state index contributed by atoms with van der Waals surface area (Å²) >= 11 is 3.31. The molecule has 1 saturated heterocycles. The van der Waals surface area contributed by atoms with Crippen LogP contribution in [0.3, 0.4) is 0 Å². The highest BCUT2D eigenvalue weighted by molar-refractivity contribution is 9.10. The van der Waals surface area contributed by atoms with Crippen LogP contribution in [0.5, 0.6) is 0 Å². The number of nitrogens with one attached hydrogen (secondary N) is 1. The van der Waals surface area contributed by atoms with Gasteiger partial charge < -0.3 is 14.8 Å². The maximum atomic E-state index is 12.9. The molecule has 1 aromatic carbocycles. The smallest absolute Gasteiger partial charge is 0.270 e. The van der Waals surface area contributed by atoms with Crippen molar-refractivity contribution >= 4 is 27.7 Å². The Morgan fingerprint density at radius 2 is 1.71 bits per heavy atom. The molecular weight excluding hydrogens is 377 g/mol. The van der Waals surface area contributed by atoms with Gasteiger partial charge in [-0.25, -0.2) is 4.39 Å². The Morgan fingerprint density at radius 1 is 1.08 bits per heavy atom. The number of aromatic amines is 1. The minimum atomic E-state index is -0.311. The number of H-pyrrole nitrogens is 1. The number of aromatic nitrogens is 1. The monoisotopic (exact) mass is 393 g/mol. The number of hydrogen-bond acceptors (Lipinski definition) is 2. The molecule has 126 valence electrons. The predicted molar refractivity (Wildman–Crippen MR) is 91.1 cm³/mol. The molecule has 1 aromatic heterocycles. The molecule has 0 bridgehead atoms. The molecule has 0 atom stereocenters. The molecule has 1 aliphatic rings. The minimum Gasteiger partial charge on any atom is -0.356 e. The van der Waals surface area contributed by atoms with Gasteiger partial charge in [0.05, 0.1) is 6.42 Å². The summed E-state index contributed by atoms with van der Waals surface area (Å²) in [4.78, 5) is 31.1. The van der Waals surface area contributed by atoms with Gasteiger partial charge in [0.15, 0.2) is 0 Å². The lowest BCUT2D eigenvalue weighted by molar-refractivity contribution is -0.131. The highest BCUT2D eigenvalue weighted by Gasteiger charge is 2.25. The number of halogens is 2. The molecule has 2 amide bonds. The summed E-state index contributed by atoms with van der Waals surface area (Å²) < 4.78 is 13.7. The van der Waals surface area contributed by atoms with Crippen LogP contribution in [0.4, 0.5) is 4.39 Å². The molecule has 1 aliphatic heterocycles. The van der Waals surface area contributed by atoms with Crippen molar-refractivity contribution in [3.8, 4) is 0 Å². The zero-order chi connectivity index (χ0) is 17.1. The van der Waals surface area contributed by atoms with E-state index in [0.717, 1.165) is 10.0 Å². The first-order valence-corrected chi connectivity index (χ1v) is 8.47. The molecule has 2 aromatic rings. The van der Waals surface area contributed by atoms with Crippen LogP contribution in [0, 0.1) is 5.82 Å². The first-order chi connectivity index (χ1) is 11.5. The Balaban J connectivity index is 1.53. The Bertz CT molecular complexity index is 737. The van der Waals surface area contributed by atoms with E-state index in [0.29, 0.717) is 31.9 Å². The van der Waals surface area contributed by atoms with Crippen molar-refractivity contribution in [3.63, 3.8) is 0 Å². The number of rotatable bonds is 3. The van der Waals surface area contributed by atoms with Gasteiger partial charge in [0.25, 0.3) is 5.91 Å². The molecule has 0 saturated carbocycles. The van der Waals surface area contributed by atoms with Gasteiger partial charge in [-0.2, -0.15) is 0 Å². The first kappa shape index (κ1) is 16.7. The third-order valence-electron chi connectivity index (χ3n) is 4.07. The fraction of sp³-hybridized carbons (Fsp3) is 0.294. The second-order valence-corrected chi connectivity index (χ2v) is 6.62. The van der Waals surface area contributed by atoms with E-state index in [1.165, 1.54) is 12.1 Å². The van der Waals surface area contributed by atoms with Crippen LogP contribution in [0.25, 0.3) is 0 Å². The molecule has 0 aliphatic carbocycles. The maximum Gasteiger partial charge on any atom is 0.270 e. The van der Waals surface area contributed by atoms with Crippen molar-refractivity contribution in [3.05, 3.63) is 58.1 Å². The van der Waals surface area contributed by atoms with Gasteiger partial charge in [-0.3, -0.25) is 9.59 Å². The number of amides is 2. The van der Waals surface area contributed by atoms with Crippen molar-refractivity contribution in [2.75, 3.05) is 26.2 Å². The highest BCUT2D eigenvalue weighted by atomic mass is 79.9. The molecule has 0 unspecified atom stereocenters. The lowest BCUT2D eigenvalue weighted by atomic mass is 10.1. The molecule has 2 heterocycles. The fourth-order valence-corrected chi connectivity index (χ4v) is 3.05. The van der Waals surface area contributed by atoms with Crippen molar-refractivity contribution in [1.82, 2.24) is 14.8 Å². The fourth-order valence-electron chi connectivity index (χ4n) is 2.71. The zero-order valence-corrected chi connectivity index (χ0v) is 14.6. The summed E-state index contributed by atoms with van der Waals surface area (Å²) in [6.07, 6.45) is 1.97. The summed E-state index contributed by atoms with van der Waals surface area (Å²) in [5.74, 6) is -0.378. The Kier molecular flexibility index (Phi) is 4.99. The lowest BCUT2D eigenvalue weighted by Gasteiger charge is -2.34. The average molecular weight is 394 g/mol. The van der Waals surface area contributed by atoms with E-state index in [1.807, 2.05) is 0 Å². The molecular formula is C17H17BrFN3O2. The number of piperazine rings is 1. The number of nitrogens with zero attached hydrogens (tertiary/aromatic N) is 2. The summed E-state index contributed by atoms with van der Waals surface area (Å²) in [7, 11) is 0. The Hall–Kier alpha value is -2.15. The molecule has 3 rings (SSSR count). The van der Waals surface area contributed by atoms with Crippen LogP contribution in [0.15, 0.2) is 41.0 Å². The lowest BCUT2D eigenvalue weighted by Crippen LogP contribution is -2.51. The van der Waals surface area contributed by atoms with E-state index in [4.69, 9.17) is 0 Å². The third kappa shape index (κ3) is 3.84. The third-order valence-corrected chi connectivity index (χ3v) is 4.52. The van der Waals surface area contributed by atoms with Gasteiger partial charge in [-0.05, 0) is 39.7 Å². The molecule has 0 radical (unpaired) electrons. The van der Waals surface area contributed by atoms with Crippen molar-refractivity contribution in [1.29, 1.82) is 0 Å². The number of benzene rings is 1. The molecule has 24 heavy (non-hydrogen) atoms. The summed E-state index contributed by atoms with van der Waals surface area (Å²) in [6, 6.07) is 7.70. The van der Waals surface area contributed by atoms with Crippen molar-refractivity contribution in [2.45, 2.75) is 6.42 Å². The number of hydrogen-bond donors (Lipinski definition) is 1. The van der Waals surface area contributed by atoms with E-state index >= 15 is 0 Å². The molecule has 5 nitrogen and oxygen atoms in total. The number of carbonyl (C=O) groups excluding carboxylic acids is 2. The maximum absolute atomic E-state index is 12.9. The van der Waals surface area contributed by atoms with Gasteiger partial charge in [0.1, 0.15) is 11.5 Å². The Labute approximate surface area is 147 Å². The van der Waals surface area contributed by atoms with Crippen LogP contribution in [-0.4, -0.2) is 52.8 Å². The average Bonchev–Trinajstić information content (AvgIpc) is 3.03. The topological polar surface area (TPSA) is 56.4 Å². The SMILES string of the molecule is O=C(Cc1ccc(F)cc1)N1CCN(C(=O)c2cc(Br)c[nH]2)CC1. The van der Waals surface area contributed by atoms with E-state index in [1.54, 1.807) is 34.2 Å². The Morgan fingerprint density at radius 3 is 2.29 bits per heavy atom.